The standard InChI is InChI=1S/C18H25N3O2/c1-2-23-17-6-5-14(15-4-3-8-20-18(15)17)16(22)7-11-21-12-9-19-10-13-21/h3-6,8,16,19,22H,2,7,9-13H2,1H3. The molecule has 2 aromatic rings. The Morgan fingerprint density at radius 1 is 1.30 bits per heavy atom. The van der Waals surface area contributed by atoms with E-state index in [2.05, 4.69) is 15.2 Å². The quantitative estimate of drug-likeness (QED) is 0.853. The van der Waals surface area contributed by atoms with Crippen LogP contribution >= 0.6 is 0 Å². The van der Waals surface area contributed by atoms with Crippen LogP contribution in [0.5, 0.6) is 5.75 Å². The van der Waals surface area contributed by atoms with Gasteiger partial charge in [0.25, 0.3) is 0 Å². The lowest BCUT2D eigenvalue weighted by molar-refractivity contribution is 0.138. The highest BCUT2D eigenvalue weighted by Gasteiger charge is 2.17. The molecule has 124 valence electrons. The van der Waals surface area contributed by atoms with Gasteiger partial charge in [0.1, 0.15) is 11.3 Å². The molecular formula is C18H25N3O2. The number of nitrogens with one attached hydrogen (secondary N) is 1. The Balaban J connectivity index is 1.77. The molecule has 3 rings (SSSR count). The topological polar surface area (TPSA) is 57.6 Å². The summed E-state index contributed by atoms with van der Waals surface area (Å²) in [4.78, 5) is 6.84. The van der Waals surface area contributed by atoms with Crippen molar-refractivity contribution in [2.24, 2.45) is 0 Å². The van der Waals surface area contributed by atoms with E-state index in [9.17, 15) is 5.11 Å². The molecule has 5 heteroatoms. The molecule has 2 N–H and O–H groups in total. The SMILES string of the molecule is CCOc1ccc(C(O)CCN2CCNCC2)c2cccnc12. The van der Waals surface area contributed by atoms with Gasteiger partial charge in [-0.25, -0.2) is 0 Å². The fourth-order valence-electron chi connectivity index (χ4n) is 3.13. The third-order valence-corrected chi connectivity index (χ3v) is 4.35. The van der Waals surface area contributed by atoms with Gasteiger partial charge in [0.15, 0.2) is 0 Å². The molecule has 1 unspecified atom stereocenters. The molecule has 0 aliphatic carbocycles. The molecule has 2 heterocycles. The molecule has 1 atom stereocenters. The highest BCUT2D eigenvalue weighted by Crippen LogP contribution is 2.31. The van der Waals surface area contributed by atoms with Gasteiger partial charge in [0.2, 0.25) is 0 Å². The molecule has 1 aliphatic rings. The van der Waals surface area contributed by atoms with Crippen LogP contribution in [0, 0.1) is 0 Å². The number of benzene rings is 1. The second-order valence-electron chi connectivity index (χ2n) is 5.88. The summed E-state index contributed by atoms with van der Waals surface area (Å²) in [7, 11) is 0. The molecule has 1 aromatic carbocycles. The van der Waals surface area contributed by atoms with Crippen molar-refractivity contribution in [3.63, 3.8) is 0 Å². The molecule has 0 bridgehead atoms. The minimum absolute atomic E-state index is 0.479. The Bertz CT molecular complexity index is 641. The Hall–Kier alpha value is -1.69. The van der Waals surface area contributed by atoms with E-state index in [0.717, 1.165) is 61.4 Å². The van der Waals surface area contributed by atoms with Crippen molar-refractivity contribution in [1.29, 1.82) is 0 Å². The maximum Gasteiger partial charge on any atom is 0.145 e. The molecule has 1 saturated heterocycles. The van der Waals surface area contributed by atoms with Gasteiger partial charge < -0.3 is 20.1 Å². The summed E-state index contributed by atoms with van der Waals surface area (Å²) in [5.41, 5.74) is 1.76. The van der Waals surface area contributed by atoms with Crippen molar-refractivity contribution >= 4 is 10.9 Å². The van der Waals surface area contributed by atoms with Gasteiger partial charge in [0, 0.05) is 44.3 Å². The number of aromatic nitrogens is 1. The summed E-state index contributed by atoms with van der Waals surface area (Å²) in [6, 6.07) is 7.80. The van der Waals surface area contributed by atoms with Crippen LogP contribution in [0.1, 0.15) is 25.0 Å². The summed E-state index contributed by atoms with van der Waals surface area (Å²) < 4.78 is 5.65. The Morgan fingerprint density at radius 2 is 2.13 bits per heavy atom. The number of nitrogens with zero attached hydrogens (tertiary/aromatic N) is 2. The fourth-order valence-corrected chi connectivity index (χ4v) is 3.13. The van der Waals surface area contributed by atoms with E-state index in [0.29, 0.717) is 6.61 Å². The summed E-state index contributed by atoms with van der Waals surface area (Å²) in [5.74, 6) is 0.779. The third-order valence-electron chi connectivity index (χ3n) is 4.35. The number of rotatable bonds is 6. The van der Waals surface area contributed by atoms with Crippen molar-refractivity contribution in [2.45, 2.75) is 19.4 Å². The zero-order chi connectivity index (χ0) is 16.1. The number of hydrogen-bond acceptors (Lipinski definition) is 5. The van der Waals surface area contributed by atoms with Crippen molar-refractivity contribution < 1.29 is 9.84 Å². The van der Waals surface area contributed by atoms with Crippen molar-refractivity contribution in [2.75, 3.05) is 39.3 Å². The van der Waals surface area contributed by atoms with E-state index in [1.807, 2.05) is 31.2 Å². The van der Waals surface area contributed by atoms with Gasteiger partial charge in [0.05, 0.1) is 12.7 Å². The summed E-state index contributed by atoms with van der Waals surface area (Å²) >= 11 is 0. The zero-order valence-electron chi connectivity index (χ0n) is 13.7. The first-order chi connectivity index (χ1) is 11.3. The average Bonchev–Trinajstić information content (AvgIpc) is 2.61. The number of hydrogen-bond donors (Lipinski definition) is 2. The van der Waals surface area contributed by atoms with Gasteiger partial charge in [-0.05, 0) is 31.0 Å². The van der Waals surface area contributed by atoms with Crippen molar-refractivity contribution in [3.8, 4) is 5.75 Å². The molecule has 0 saturated carbocycles. The van der Waals surface area contributed by atoms with Crippen LogP contribution in [0.3, 0.4) is 0 Å². The summed E-state index contributed by atoms with van der Waals surface area (Å²) in [6.07, 6.45) is 2.02. The highest BCUT2D eigenvalue weighted by atomic mass is 16.5. The van der Waals surface area contributed by atoms with Crippen LogP contribution in [0.2, 0.25) is 0 Å². The Morgan fingerprint density at radius 3 is 2.91 bits per heavy atom. The van der Waals surface area contributed by atoms with E-state index in [1.165, 1.54) is 0 Å². The van der Waals surface area contributed by atoms with Crippen molar-refractivity contribution in [1.82, 2.24) is 15.2 Å². The first-order valence-corrected chi connectivity index (χ1v) is 8.41. The van der Waals surface area contributed by atoms with Gasteiger partial charge in [-0.1, -0.05) is 12.1 Å². The van der Waals surface area contributed by atoms with Crippen LogP contribution in [0.15, 0.2) is 30.5 Å². The monoisotopic (exact) mass is 315 g/mol. The molecule has 0 spiro atoms. The van der Waals surface area contributed by atoms with Gasteiger partial charge >= 0.3 is 0 Å². The maximum absolute atomic E-state index is 10.7. The molecule has 5 nitrogen and oxygen atoms in total. The smallest absolute Gasteiger partial charge is 0.145 e. The number of fused-ring (bicyclic) bond motifs is 1. The molecule has 23 heavy (non-hydrogen) atoms. The minimum atomic E-state index is -0.479. The first-order valence-electron chi connectivity index (χ1n) is 8.41. The lowest BCUT2D eigenvalue weighted by Crippen LogP contribution is -2.44. The van der Waals surface area contributed by atoms with E-state index < -0.39 is 6.10 Å². The van der Waals surface area contributed by atoms with Crippen LogP contribution in [0.4, 0.5) is 0 Å². The summed E-state index contributed by atoms with van der Waals surface area (Å²) in [6.45, 7) is 7.66. The van der Waals surface area contributed by atoms with Gasteiger partial charge in [-0.15, -0.1) is 0 Å². The first kappa shape index (κ1) is 16.2. The second-order valence-corrected chi connectivity index (χ2v) is 5.88. The van der Waals surface area contributed by atoms with Gasteiger partial charge in [-0.3, -0.25) is 4.98 Å². The largest absolute Gasteiger partial charge is 0.492 e. The lowest BCUT2D eigenvalue weighted by Gasteiger charge is -2.28. The van der Waals surface area contributed by atoms with Crippen LogP contribution in [-0.4, -0.2) is 54.3 Å². The minimum Gasteiger partial charge on any atom is -0.492 e. The molecule has 1 aromatic heterocycles. The van der Waals surface area contributed by atoms with Crippen LogP contribution in [-0.2, 0) is 0 Å². The highest BCUT2D eigenvalue weighted by molar-refractivity contribution is 5.87. The number of aliphatic hydroxyl groups is 1. The average molecular weight is 315 g/mol. The second kappa shape index (κ2) is 7.73. The zero-order valence-corrected chi connectivity index (χ0v) is 13.7. The van der Waals surface area contributed by atoms with Crippen LogP contribution < -0.4 is 10.1 Å². The molecular weight excluding hydrogens is 290 g/mol. The molecule has 1 fully saturated rings. The summed E-state index contributed by atoms with van der Waals surface area (Å²) in [5, 5.41) is 15.0. The Labute approximate surface area is 137 Å². The number of ether oxygens (including phenoxy) is 1. The van der Waals surface area contributed by atoms with E-state index in [-0.39, 0.29) is 0 Å². The lowest BCUT2D eigenvalue weighted by atomic mass is 10.0. The van der Waals surface area contributed by atoms with Crippen molar-refractivity contribution in [3.05, 3.63) is 36.0 Å². The molecule has 0 radical (unpaired) electrons. The normalized spacial score (nSPS) is 17.3. The Kier molecular flexibility index (Phi) is 5.43. The maximum atomic E-state index is 10.7. The van der Waals surface area contributed by atoms with E-state index >= 15 is 0 Å². The number of pyridine rings is 1. The van der Waals surface area contributed by atoms with Crippen LogP contribution in [0.25, 0.3) is 10.9 Å². The molecule has 1 aliphatic heterocycles. The number of aliphatic hydroxyl groups excluding tert-OH is 1. The predicted octanol–water partition coefficient (Wildman–Crippen LogP) is 1.96. The third kappa shape index (κ3) is 3.80. The predicted molar refractivity (Wildman–Crippen MR) is 91.8 cm³/mol. The van der Waals surface area contributed by atoms with E-state index in [1.54, 1.807) is 6.20 Å². The van der Waals surface area contributed by atoms with Gasteiger partial charge in [-0.2, -0.15) is 0 Å². The number of piperazine rings is 1. The molecule has 0 amide bonds. The fraction of sp³-hybridized carbons (Fsp3) is 0.500. The van der Waals surface area contributed by atoms with E-state index in [4.69, 9.17) is 4.74 Å².